The van der Waals surface area contributed by atoms with Gasteiger partial charge in [-0.1, -0.05) is 0 Å². The monoisotopic (exact) mass is 152 g/mol. The molecule has 1 N–H and O–H groups in total. The molecule has 1 aliphatic heterocycles. The van der Waals surface area contributed by atoms with Gasteiger partial charge in [-0.15, -0.1) is 0 Å². The summed E-state index contributed by atoms with van der Waals surface area (Å²) in [6.45, 7) is 2.13. The van der Waals surface area contributed by atoms with Crippen molar-refractivity contribution < 1.29 is 14.2 Å². The Kier molecular flexibility index (Phi) is 2.42. The van der Waals surface area contributed by atoms with Gasteiger partial charge in [0, 0.05) is 0 Å². The Balaban J connectivity index is 1.92. The fourth-order valence-electron chi connectivity index (χ4n) is 0.730. The zero-order valence-electron chi connectivity index (χ0n) is 5.59. The minimum atomic E-state index is -2.44. The number of hydrogen-bond acceptors (Lipinski definition) is 3. The van der Waals surface area contributed by atoms with Gasteiger partial charge in [0.15, 0.2) is 0 Å². The van der Waals surface area contributed by atoms with Gasteiger partial charge in [-0.3, -0.25) is 0 Å². The van der Waals surface area contributed by atoms with E-state index in [0.717, 1.165) is 19.0 Å². The van der Waals surface area contributed by atoms with E-state index in [1.54, 1.807) is 0 Å². The van der Waals surface area contributed by atoms with Gasteiger partial charge >= 0.3 is 54.5 Å². The first-order valence-corrected chi connectivity index (χ1v) is 5.33. The Morgan fingerprint density at radius 3 is 2.44 bits per heavy atom. The van der Waals surface area contributed by atoms with Gasteiger partial charge in [-0.2, -0.15) is 0 Å². The molecule has 1 aliphatic rings. The second kappa shape index (κ2) is 2.93. The molecule has 1 heterocycles. The van der Waals surface area contributed by atoms with E-state index in [4.69, 9.17) is 4.89 Å². The molecule has 56 valence electrons. The molecule has 0 aromatic carbocycles. The third kappa shape index (κ3) is 2.59. The molecule has 0 bridgehead atoms. The summed E-state index contributed by atoms with van der Waals surface area (Å²) in [4.78, 5) is 9.05. The van der Waals surface area contributed by atoms with Crippen LogP contribution in [0.2, 0.25) is 0 Å². The van der Waals surface area contributed by atoms with Crippen molar-refractivity contribution in [3.05, 3.63) is 0 Å². The molecule has 0 atom stereocenters. The maximum atomic E-state index is 9.05. The van der Waals surface area contributed by atoms with Crippen molar-refractivity contribution in [1.82, 2.24) is 0 Å². The minimum absolute atomic E-state index is 0.737. The Morgan fingerprint density at radius 1 is 1.33 bits per heavy atom. The topological polar surface area (TPSA) is 45.3 Å². The van der Waals surface area contributed by atoms with Crippen molar-refractivity contribution in [2.45, 2.75) is 26.2 Å². The van der Waals surface area contributed by atoms with Gasteiger partial charge in [0.1, 0.15) is 0 Å². The van der Waals surface area contributed by atoms with Crippen LogP contribution in [-0.4, -0.2) is 11.1 Å². The summed E-state index contributed by atoms with van der Waals surface area (Å²) in [7, 11) is -2.44. The average Bonchev–Trinajstić information content (AvgIpc) is 2.50. The molecule has 9 heavy (non-hydrogen) atoms. The van der Waals surface area contributed by atoms with Gasteiger partial charge in [-0.05, 0) is 0 Å². The third-order valence-electron chi connectivity index (χ3n) is 1.37. The van der Waals surface area contributed by atoms with Crippen molar-refractivity contribution in [1.29, 1.82) is 0 Å². The molecule has 1 fully saturated rings. The molecule has 0 amide bonds. The van der Waals surface area contributed by atoms with Crippen LogP contribution in [0.25, 0.3) is 0 Å². The molecule has 1 rings (SSSR count). The van der Waals surface area contributed by atoms with E-state index in [1.165, 1.54) is 6.42 Å². The van der Waals surface area contributed by atoms with Crippen molar-refractivity contribution in [2.75, 3.05) is 6.16 Å². The molecular weight excluding hydrogens is 139 g/mol. The molecule has 0 aromatic rings. The first kappa shape index (κ1) is 7.42. The molecule has 0 radical (unpaired) electrons. The SMILES string of the molecule is CCCCC[PH]1(O)OO1. The standard InChI is InChI=1S/C5H13O3P/c1-2-3-4-5-9(6)7-8-9/h6,9H,2-5H2,1H3. The van der Waals surface area contributed by atoms with Crippen molar-refractivity contribution in [3.8, 4) is 0 Å². The van der Waals surface area contributed by atoms with Crippen molar-refractivity contribution in [2.24, 2.45) is 0 Å². The fraction of sp³-hybridized carbons (Fsp3) is 1.00. The van der Waals surface area contributed by atoms with Crippen molar-refractivity contribution in [3.63, 3.8) is 0 Å². The van der Waals surface area contributed by atoms with E-state index in [1.807, 2.05) is 0 Å². The van der Waals surface area contributed by atoms with Gasteiger partial charge in [0.25, 0.3) is 0 Å². The summed E-state index contributed by atoms with van der Waals surface area (Å²) in [5, 5.41) is 0. The molecular formula is C5H13O3P. The Hall–Kier alpha value is 0.310. The Bertz CT molecular complexity index is 92.2. The van der Waals surface area contributed by atoms with Crippen LogP contribution in [-0.2, 0) is 9.35 Å². The summed E-state index contributed by atoms with van der Waals surface area (Å²) in [6.07, 6.45) is 4.09. The molecule has 0 aromatic heterocycles. The van der Waals surface area contributed by atoms with Crippen LogP contribution in [0.4, 0.5) is 0 Å². The Morgan fingerprint density at radius 2 is 2.00 bits per heavy atom. The van der Waals surface area contributed by atoms with Gasteiger partial charge in [-0.25, -0.2) is 0 Å². The van der Waals surface area contributed by atoms with Crippen molar-refractivity contribution >= 4 is 7.94 Å². The summed E-state index contributed by atoms with van der Waals surface area (Å²) < 4.78 is 8.87. The van der Waals surface area contributed by atoms with Crippen LogP contribution in [0.3, 0.4) is 0 Å². The first-order valence-electron chi connectivity index (χ1n) is 3.36. The molecule has 0 saturated carbocycles. The van der Waals surface area contributed by atoms with E-state index in [-0.39, 0.29) is 0 Å². The van der Waals surface area contributed by atoms with E-state index >= 15 is 0 Å². The predicted octanol–water partition coefficient (Wildman–Crippen LogP) is 1.63. The van der Waals surface area contributed by atoms with E-state index in [0.29, 0.717) is 0 Å². The second-order valence-electron chi connectivity index (χ2n) is 2.34. The normalized spacial score (nSPS) is 25.6. The summed E-state index contributed by atoms with van der Waals surface area (Å²) in [6, 6.07) is 0. The van der Waals surface area contributed by atoms with E-state index in [9.17, 15) is 0 Å². The van der Waals surface area contributed by atoms with Crippen LogP contribution in [0.5, 0.6) is 0 Å². The third-order valence-corrected chi connectivity index (χ3v) is 2.91. The van der Waals surface area contributed by atoms with Gasteiger partial charge in [0.2, 0.25) is 0 Å². The molecule has 4 heteroatoms. The zero-order chi connectivity index (χ0) is 6.74. The summed E-state index contributed by atoms with van der Waals surface area (Å²) >= 11 is 0. The van der Waals surface area contributed by atoms with Crippen LogP contribution < -0.4 is 0 Å². The Labute approximate surface area is 55.5 Å². The first-order chi connectivity index (χ1) is 4.27. The van der Waals surface area contributed by atoms with Crippen LogP contribution in [0.15, 0.2) is 0 Å². The fourth-order valence-corrected chi connectivity index (χ4v) is 1.98. The van der Waals surface area contributed by atoms with Crippen LogP contribution in [0.1, 0.15) is 26.2 Å². The number of rotatable bonds is 4. The quantitative estimate of drug-likeness (QED) is 0.288. The van der Waals surface area contributed by atoms with Gasteiger partial charge in [0.05, 0.1) is 0 Å². The molecule has 3 nitrogen and oxygen atoms in total. The van der Waals surface area contributed by atoms with Crippen LogP contribution in [0, 0.1) is 0 Å². The zero-order valence-corrected chi connectivity index (χ0v) is 6.59. The van der Waals surface area contributed by atoms with Gasteiger partial charge < -0.3 is 0 Å². The molecule has 1 saturated heterocycles. The molecule has 0 spiro atoms. The van der Waals surface area contributed by atoms with E-state index in [2.05, 4.69) is 16.3 Å². The second-order valence-corrected chi connectivity index (χ2v) is 4.60. The predicted molar refractivity (Wildman–Crippen MR) is 37.1 cm³/mol. The number of unbranched alkanes of at least 4 members (excludes halogenated alkanes) is 2. The van der Waals surface area contributed by atoms with E-state index < -0.39 is 7.94 Å². The molecule has 0 aliphatic carbocycles. The summed E-state index contributed by atoms with van der Waals surface area (Å²) in [5.74, 6) is 0. The molecule has 0 unspecified atom stereocenters. The average molecular weight is 152 g/mol. The number of hydrogen-bond donors (Lipinski definition) is 1. The maximum absolute atomic E-state index is 9.05. The van der Waals surface area contributed by atoms with Crippen LogP contribution >= 0.6 is 7.94 Å². The summed E-state index contributed by atoms with van der Waals surface area (Å²) in [5.41, 5.74) is 0.